The van der Waals surface area contributed by atoms with Gasteiger partial charge in [0.25, 0.3) is 0 Å². The van der Waals surface area contributed by atoms with E-state index >= 15 is 0 Å². The minimum absolute atomic E-state index is 0.0721. The van der Waals surface area contributed by atoms with Gasteiger partial charge in [-0.1, -0.05) is 13.8 Å². The van der Waals surface area contributed by atoms with Crippen LogP contribution in [-0.2, 0) is 9.53 Å². The molecule has 0 bridgehead atoms. The molecule has 1 aromatic heterocycles. The molecule has 0 spiro atoms. The summed E-state index contributed by atoms with van der Waals surface area (Å²) in [5, 5.41) is 2.83. The van der Waals surface area contributed by atoms with E-state index in [1.54, 1.807) is 6.20 Å². The summed E-state index contributed by atoms with van der Waals surface area (Å²) in [5.74, 6) is 1.13. The fourth-order valence-corrected chi connectivity index (χ4v) is 2.10. The van der Waals surface area contributed by atoms with Gasteiger partial charge in [-0.25, -0.2) is 4.98 Å². The largest absolute Gasteiger partial charge is 0.378 e. The van der Waals surface area contributed by atoms with E-state index in [2.05, 4.69) is 15.2 Å². The van der Waals surface area contributed by atoms with E-state index in [1.807, 2.05) is 26.0 Å². The van der Waals surface area contributed by atoms with Crippen LogP contribution >= 0.6 is 0 Å². The van der Waals surface area contributed by atoms with Crippen molar-refractivity contribution in [3.8, 4) is 0 Å². The highest BCUT2D eigenvalue weighted by atomic mass is 16.5. The molecule has 2 rings (SSSR count). The monoisotopic (exact) mass is 292 g/mol. The number of aromatic nitrogens is 1. The lowest BCUT2D eigenvalue weighted by atomic mass is 10.0. The summed E-state index contributed by atoms with van der Waals surface area (Å²) in [4.78, 5) is 18.4. The number of hydrogen-bond donors (Lipinski definition) is 2. The van der Waals surface area contributed by atoms with E-state index < -0.39 is 0 Å². The minimum atomic E-state index is -0.120. The normalized spacial score (nSPS) is 16.9. The summed E-state index contributed by atoms with van der Waals surface area (Å²) in [6, 6.07) is 3.67. The third-order valence-electron chi connectivity index (χ3n) is 3.64. The minimum Gasteiger partial charge on any atom is -0.378 e. The van der Waals surface area contributed by atoms with Crippen LogP contribution < -0.4 is 16.0 Å². The SMILES string of the molecule is CC(C)C(N)CC(=O)Nc1ccc(N2CCOCC2)nc1. The van der Waals surface area contributed by atoms with Crippen molar-refractivity contribution >= 4 is 17.4 Å². The first kappa shape index (κ1) is 15.7. The molecule has 1 aromatic rings. The molecule has 1 unspecified atom stereocenters. The zero-order valence-corrected chi connectivity index (χ0v) is 12.7. The second-order valence-electron chi connectivity index (χ2n) is 5.66. The standard InChI is InChI=1S/C15H24N4O2/c1-11(2)13(16)9-15(20)18-12-3-4-14(17-10-12)19-5-7-21-8-6-19/h3-4,10-11,13H,5-9,16H2,1-2H3,(H,18,20). The molecule has 1 aliphatic rings. The molecule has 3 N–H and O–H groups in total. The predicted molar refractivity (Wildman–Crippen MR) is 83.3 cm³/mol. The Morgan fingerprint density at radius 1 is 1.43 bits per heavy atom. The lowest BCUT2D eigenvalue weighted by Crippen LogP contribution is -2.36. The van der Waals surface area contributed by atoms with Crippen molar-refractivity contribution in [2.24, 2.45) is 11.7 Å². The van der Waals surface area contributed by atoms with Crippen molar-refractivity contribution in [2.75, 3.05) is 36.5 Å². The number of carbonyl (C=O) groups excluding carboxylic acids is 1. The lowest BCUT2D eigenvalue weighted by Gasteiger charge is -2.27. The Morgan fingerprint density at radius 3 is 2.71 bits per heavy atom. The summed E-state index contributed by atoms with van der Waals surface area (Å²) in [6.45, 7) is 7.18. The molecule has 6 heteroatoms. The highest BCUT2D eigenvalue weighted by Crippen LogP contribution is 2.16. The molecule has 1 saturated heterocycles. The van der Waals surface area contributed by atoms with Gasteiger partial charge >= 0.3 is 0 Å². The zero-order valence-electron chi connectivity index (χ0n) is 12.7. The van der Waals surface area contributed by atoms with Crippen molar-refractivity contribution in [3.63, 3.8) is 0 Å². The molecule has 0 aromatic carbocycles. The van der Waals surface area contributed by atoms with E-state index in [9.17, 15) is 4.79 Å². The van der Waals surface area contributed by atoms with Crippen molar-refractivity contribution < 1.29 is 9.53 Å². The van der Waals surface area contributed by atoms with Gasteiger partial charge in [0.1, 0.15) is 5.82 Å². The molecule has 0 saturated carbocycles. The van der Waals surface area contributed by atoms with Gasteiger partial charge in [0.2, 0.25) is 5.91 Å². The molecule has 2 heterocycles. The average Bonchev–Trinajstić information content (AvgIpc) is 2.48. The first-order valence-corrected chi connectivity index (χ1v) is 7.40. The highest BCUT2D eigenvalue weighted by Gasteiger charge is 2.14. The number of amides is 1. The Labute approximate surface area is 125 Å². The van der Waals surface area contributed by atoms with Crippen LogP contribution in [0.3, 0.4) is 0 Å². The van der Waals surface area contributed by atoms with Crippen molar-refractivity contribution in [2.45, 2.75) is 26.3 Å². The number of nitrogens with two attached hydrogens (primary N) is 1. The van der Waals surface area contributed by atoms with Crippen LogP contribution in [0.4, 0.5) is 11.5 Å². The number of carbonyl (C=O) groups is 1. The third kappa shape index (κ3) is 4.68. The van der Waals surface area contributed by atoms with E-state index in [-0.39, 0.29) is 17.9 Å². The van der Waals surface area contributed by atoms with Crippen LogP contribution in [0.15, 0.2) is 18.3 Å². The maximum atomic E-state index is 11.9. The van der Waals surface area contributed by atoms with Crippen LogP contribution in [0, 0.1) is 5.92 Å². The second-order valence-corrected chi connectivity index (χ2v) is 5.66. The van der Waals surface area contributed by atoms with Gasteiger partial charge in [-0.2, -0.15) is 0 Å². The lowest BCUT2D eigenvalue weighted by molar-refractivity contribution is -0.116. The first-order chi connectivity index (χ1) is 10.1. The third-order valence-corrected chi connectivity index (χ3v) is 3.64. The number of anilines is 2. The number of rotatable bonds is 5. The van der Waals surface area contributed by atoms with Crippen molar-refractivity contribution in [3.05, 3.63) is 18.3 Å². The number of morpholine rings is 1. The van der Waals surface area contributed by atoms with Gasteiger partial charge in [0.15, 0.2) is 0 Å². The molecular weight excluding hydrogens is 268 g/mol. The Hall–Kier alpha value is -1.66. The molecule has 116 valence electrons. The molecule has 1 amide bonds. The fourth-order valence-electron chi connectivity index (χ4n) is 2.10. The smallest absolute Gasteiger partial charge is 0.225 e. The van der Waals surface area contributed by atoms with E-state index in [0.717, 1.165) is 32.1 Å². The Bertz CT molecular complexity index is 455. The average molecular weight is 292 g/mol. The number of pyridine rings is 1. The van der Waals surface area contributed by atoms with Crippen LogP contribution in [0.1, 0.15) is 20.3 Å². The number of nitrogens with one attached hydrogen (secondary N) is 1. The molecule has 6 nitrogen and oxygen atoms in total. The van der Waals surface area contributed by atoms with E-state index in [1.165, 1.54) is 0 Å². The van der Waals surface area contributed by atoms with Gasteiger partial charge in [-0.3, -0.25) is 4.79 Å². The summed E-state index contributed by atoms with van der Waals surface area (Å²) in [7, 11) is 0. The topological polar surface area (TPSA) is 80.5 Å². The Kier molecular flexibility index (Phi) is 5.52. The highest BCUT2D eigenvalue weighted by molar-refractivity contribution is 5.91. The number of hydrogen-bond acceptors (Lipinski definition) is 5. The van der Waals surface area contributed by atoms with E-state index in [4.69, 9.17) is 10.5 Å². The van der Waals surface area contributed by atoms with Gasteiger partial charge in [0.05, 0.1) is 25.1 Å². The van der Waals surface area contributed by atoms with Crippen LogP contribution in [0.25, 0.3) is 0 Å². The molecule has 0 radical (unpaired) electrons. The molecule has 1 aliphatic heterocycles. The summed E-state index contributed by atoms with van der Waals surface area (Å²) in [5.41, 5.74) is 6.60. The second kappa shape index (κ2) is 7.38. The molecule has 1 fully saturated rings. The predicted octanol–water partition coefficient (Wildman–Crippen LogP) is 1.23. The van der Waals surface area contributed by atoms with Gasteiger partial charge in [0, 0.05) is 25.6 Å². The maximum absolute atomic E-state index is 11.9. The quantitative estimate of drug-likeness (QED) is 0.853. The first-order valence-electron chi connectivity index (χ1n) is 7.40. The van der Waals surface area contributed by atoms with E-state index in [0.29, 0.717) is 12.1 Å². The van der Waals surface area contributed by atoms with Gasteiger partial charge < -0.3 is 20.7 Å². The van der Waals surface area contributed by atoms with Gasteiger partial charge in [-0.05, 0) is 18.1 Å². The number of ether oxygens (including phenoxy) is 1. The van der Waals surface area contributed by atoms with Crippen LogP contribution in [0.2, 0.25) is 0 Å². The summed E-state index contributed by atoms with van der Waals surface area (Å²) in [6.07, 6.45) is 2.01. The maximum Gasteiger partial charge on any atom is 0.225 e. The van der Waals surface area contributed by atoms with Crippen LogP contribution in [-0.4, -0.2) is 43.2 Å². The van der Waals surface area contributed by atoms with Crippen LogP contribution in [0.5, 0.6) is 0 Å². The molecule has 0 aliphatic carbocycles. The molecular formula is C15H24N4O2. The molecule has 1 atom stereocenters. The Morgan fingerprint density at radius 2 is 2.14 bits per heavy atom. The molecule has 21 heavy (non-hydrogen) atoms. The Balaban J connectivity index is 1.88. The fraction of sp³-hybridized carbons (Fsp3) is 0.600. The summed E-state index contributed by atoms with van der Waals surface area (Å²) < 4.78 is 5.32. The number of nitrogens with zero attached hydrogens (tertiary/aromatic N) is 2. The van der Waals surface area contributed by atoms with Crippen molar-refractivity contribution in [1.82, 2.24) is 4.98 Å². The van der Waals surface area contributed by atoms with Crippen molar-refractivity contribution in [1.29, 1.82) is 0 Å². The summed E-state index contributed by atoms with van der Waals surface area (Å²) >= 11 is 0. The van der Waals surface area contributed by atoms with Gasteiger partial charge in [-0.15, -0.1) is 0 Å². The zero-order chi connectivity index (χ0) is 15.2.